The molecule has 10 heteroatoms. The Balaban J connectivity index is 2.38. The fraction of sp³-hybridized carbons (Fsp3) is 0.375. The lowest BCUT2D eigenvalue weighted by Gasteiger charge is -2.31. The highest BCUT2D eigenvalue weighted by atomic mass is 35.5. The summed E-state index contributed by atoms with van der Waals surface area (Å²) in [5.74, 6) is -1.54. The Kier molecular flexibility index (Phi) is 9.28. The smallest absolute Gasteiger partial charge is 0.408 e. The number of rotatable bonds is 8. The van der Waals surface area contributed by atoms with Crippen molar-refractivity contribution < 1.29 is 29.3 Å². The van der Waals surface area contributed by atoms with Crippen LogP contribution >= 0.6 is 11.6 Å². The van der Waals surface area contributed by atoms with Crippen molar-refractivity contribution in [1.29, 1.82) is 0 Å². The number of hydrogen-bond donors (Lipinski definition) is 4. The number of benzene rings is 2. The largest absolute Gasteiger partial charge is 0.508 e. The fourth-order valence-electron chi connectivity index (χ4n) is 3.22. The van der Waals surface area contributed by atoms with Gasteiger partial charge in [0, 0.05) is 12.1 Å². The number of alkyl carbamates (subject to hydrolysis) is 1. The number of halogens is 1. The van der Waals surface area contributed by atoms with E-state index in [1.807, 2.05) is 0 Å². The SMILES string of the molecule is Cc1cccc(Cl)c1NC(=O)C(c1ccccc1O)N(CCO)C(=O)CNC(=O)OC(C)(C)C. The molecule has 0 radical (unpaired) electrons. The molecule has 1 atom stereocenters. The number of nitrogens with zero attached hydrogens (tertiary/aromatic N) is 1. The van der Waals surface area contributed by atoms with Gasteiger partial charge in [-0.1, -0.05) is 41.9 Å². The maximum Gasteiger partial charge on any atom is 0.408 e. The van der Waals surface area contributed by atoms with Crippen LogP contribution in [0.5, 0.6) is 5.75 Å². The van der Waals surface area contributed by atoms with E-state index in [0.717, 1.165) is 4.90 Å². The average Bonchev–Trinajstić information content (AvgIpc) is 2.74. The summed E-state index contributed by atoms with van der Waals surface area (Å²) in [5.41, 5.74) is 0.438. The molecule has 0 aliphatic heterocycles. The highest BCUT2D eigenvalue weighted by Gasteiger charge is 2.33. The molecule has 184 valence electrons. The molecule has 2 rings (SSSR count). The lowest BCUT2D eigenvalue weighted by atomic mass is 10.0. The van der Waals surface area contributed by atoms with Gasteiger partial charge in [0.05, 0.1) is 17.3 Å². The number of carbonyl (C=O) groups is 3. The predicted molar refractivity (Wildman–Crippen MR) is 129 cm³/mol. The monoisotopic (exact) mass is 491 g/mol. The Hall–Kier alpha value is -3.30. The number of carbonyl (C=O) groups excluding carboxylic acids is 3. The molecule has 2 aromatic rings. The van der Waals surface area contributed by atoms with Crippen LogP contribution in [0.25, 0.3) is 0 Å². The van der Waals surface area contributed by atoms with E-state index in [0.29, 0.717) is 16.3 Å². The highest BCUT2D eigenvalue weighted by molar-refractivity contribution is 6.34. The Morgan fingerprint density at radius 3 is 2.38 bits per heavy atom. The maximum absolute atomic E-state index is 13.4. The normalized spacial score (nSPS) is 11.9. The summed E-state index contributed by atoms with van der Waals surface area (Å²) in [5, 5.41) is 25.5. The molecule has 0 bridgehead atoms. The summed E-state index contributed by atoms with van der Waals surface area (Å²) in [7, 11) is 0. The van der Waals surface area contributed by atoms with Crippen LogP contribution in [-0.2, 0) is 14.3 Å². The van der Waals surface area contributed by atoms with Crippen LogP contribution in [0.2, 0.25) is 5.02 Å². The number of anilines is 1. The Morgan fingerprint density at radius 2 is 1.79 bits per heavy atom. The third-order valence-corrected chi connectivity index (χ3v) is 5.02. The lowest BCUT2D eigenvalue weighted by Crippen LogP contribution is -2.47. The van der Waals surface area contributed by atoms with Crippen LogP contribution in [0.1, 0.15) is 37.9 Å². The topological polar surface area (TPSA) is 128 Å². The first kappa shape index (κ1) is 26.9. The van der Waals surface area contributed by atoms with Crippen LogP contribution in [0.3, 0.4) is 0 Å². The Labute approximate surface area is 203 Å². The van der Waals surface area contributed by atoms with Gasteiger partial charge in [-0.25, -0.2) is 4.79 Å². The van der Waals surface area contributed by atoms with Crippen molar-refractivity contribution in [2.75, 3.05) is 25.0 Å². The molecule has 2 aromatic carbocycles. The van der Waals surface area contributed by atoms with E-state index in [4.69, 9.17) is 16.3 Å². The Morgan fingerprint density at radius 1 is 1.12 bits per heavy atom. The minimum absolute atomic E-state index is 0.142. The van der Waals surface area contributed by atoms with Gasteiger partial charge in [-0.3, -0.25) is 9.59 Å². The number of phenolic OH excluding ortho intramolecular Hbond substituents is 1. The summed E-state index contributed by atoms with van der Waals surface area (Å²) in [6, 6.07) is 9.85. The zero-order valence-electron chi connectivity index (χ0n) is 19.6. The number of aliphatic hydroxyl groups excluding tert-OH is 1. The molecule has 0 aromatic heterocycles. The maximum atomic E-state index is 13.4. The van der Waals surface area contributed by atoms with Crippen molar-refractivity contribution in [1.82, 2.24) is 10.2 Å². The third-order valence-electron chi connectivity index (χ3n) is 4.71. The van der Waals surface area contributed by atoms with Gasteiger partial charge in [0.2, 0.25) is 5.91 Å². The van der Waals surface area contributed by atoms with Crippen molar-refractivity contribution >= 4 is 35.2 Å². The van der Waals surface area contributed by atoms with Crippen LogP contribution in [0.15, 0.2) is 42.5 Å². The second-order valence-electron chi connectivity index (χ2n) is 8.55. The summed E-state index contributed by atoms with van der Waals surface area (Å²) >= 11 is 6.25. The number of phenols is 1. The van der Waals surface area contributed by atoms with Crippen molar-refractivity contribution in [3.63, 3.8) is 0 Å². The number of amides is 3. The average molecular weight is 492 g/mol. The van der Waals surface area contributed by atoms with Crippen molar-refractivity contribution in [3.8, 4) is 5.75 Å². The van der Waals surface area contributed by atoms with Crippen LogP contribution < -0.4 is 10.6 Å². The van der Waals surface area contributed by atoms with E-state index in [1.54, 1.807) is 58.0 Å². The zero-order valence-corrected chi connectivity index (χ0v) is 20.3. The molecular weight excluding hydrogens is 462 g/mol. The molecule has 0 aliphatic carbocycles. The van der Waals surface area contributed by atoms with Crippen LogP contribution in [-0.4, -0.2) is 58.3 Å². The van der Waals surface area contributed by atoms with Gasteiger partial charge in [0.25, 0.3) is 5.91 Å². The summed E-state index contributed by atoms with van der Waals surface area (Å²) in [4.78, 5) is 39.6. The summed E-state index contributed by atoms with van der Waals surface area (Å²) in [6.07, 6.45) is -0.806. The number of ether oxygens (including phenoxy) is 1. The van der Waals surface area contributed by atoms with Crippen molar-refractivity contribution in [3.05, 3.63) is 58.6 Å². The van der Waals surface area contributed by atoms with Gasteiger partial charge in [-0.15, -0.1) is 0 Å². The van der Waals surface area contributed by atoms with Crippen molar-refractivity contribution in [2.24, 2.45) is 0 Å². The van der Waals surface area contributed by atoms with E-state index in [-0.39, 0.29) is 17.9 Å². The number of aromatic hydroxyl groups is 1. The van der Waals surface area contributed by atoms with Crippen molar-refractivity contribution in [2.45, 2.75) is 39.3 Å². The minimum atomic E-state index is -1.32. The van der Waals surface area contributed by atoms with E-state index >= 15 is 0 Å². The summed E-state index contributed by atoms with van der Waals surface area (Å²) < 4.78 is 5.14. The van der Waals surface area contributed by atoms with Crippen LogP contribution in [0, 0.1) is 6.92 Å². The molecular formula is C24H30ClN3O6. The molecule has 1 unspecified atom stereocenters. The first-order valence-electron chi connectivity index (χ1n) is 10.7. The van der Waals surface area contributed by atoms with Gasteiger partial charge >= 0.3 is 6.09 Å². The molecule has 0 aliphatic rings. The number of aryl methyl sites for hydroxylation is 1. The molecule has 0 fully saturated rings. The number of para-hydroxylation sites is 2. The lowest BCUT2D eigenvalue weighted by molar-refractivity contribution is -0.138. The van der Waals surface area contributed by atoms with E-state index in [2.05, 4.69) is 10.6 Å². The van der Waals surface area contributed by atoms with Crippen LogP contribution in [0.4, 0.5) is 10.5 Å². The Bertz CT molecular complexity index is 1020. The van der Waals surface area contributed by atoms with Gasteiger partial charge < -0.3 is 30.5 Å². The second kappa shape index (κ2) is 11.7. The number of aliphatic hydroxyl groups is 1. The predicted octanol–water partition coefficient (Wildman–Crippen LogP) is 3.38. The number of nitrogens with one attached hydrogen (secondary N) is 2. The molecule has 9 nitrogen and oxygen atoms in total. The van der Waals surface area contributed by atoms with E-state index in [9.17, 15) is 24.6 Å². The first-order chi connectivity index (χ1) is 15.9. The highest BCUT2D eigenvalue weighted by Crippen LogP contribution is 2.32. The van der Waals surface area contributed by atoms with Gasteiger partial charge in [-0.2, -0.15) is 0 Å². The molecule has 0 heterocycles. The van der Waals surface area contributed by atoms with Gasteiger partial charge in [0.1, 0.15) is 23.9 Å². The zero-order chi connectivity index (χ0) is 25.5. The number of hydrogen-bond acceptors (Lipinski definition) is 6. The molecule has 0 saturated heterocycles. The second-order valence-corrected chi connectivity index (χ2v) is 8.96. The minimum Gasteiger partial charge on any atom is -0.508 e. The fourth-order valence-corrected chi connectivity index (χ4v) is 3.49. The molecule has 3 amide bonds. The van der Waals surface area contributed by atoms with E-state index in [1.165, 1.54) is 12.1 Å². The standard InChI is InChI=1S/C24H30ClN3O6/c1-15-8-7-10-17(25)20(15)27-22(32)21(16-9-5-6-11-18(16)30)28(12-13-29)19(31)14-26-23(33)34-24(2,3)4/h5-11,21,29-30H,12-14H2,1-4H3,(H,26,33)(H,27,32). The quantitative estimate of drug-likeness (QED) is 0.448. The van der Waals surface area contributed by atoms with Gasteiger partial charge in [0.15, 0.2) is 0 Å². The molecule has 34 heavy (non-hydrogen) atoms. The van der Waals surface area contributed by atoms with Gasteiger partial charge in [-0.05, 0) is 45.4 Å². The summed E-state index contributed by atoms with van der Waals surface area (Å²) in [6.45, 7) is 5.63. The molecule has 4 N–H and O–H groups in total. The van der Waals surface area contributed by atoms with E-state index < -0.39 is 42.7 Å². The first-order valence-corrected chi connectivity index (χ1v) is 11.0. The molecule has 0 spiro atoms. The molecule has 0 saturated carbocycles. The third kappa shape index (κ3) is 7.36.